The molecule has 1 rings (SSSR count). The number of nitrogens with two attached hydrogens (primary N) is 1. The first kappa shape index (κ1) is 11.5. The summed E-state index contributed by atoms with van der Waals surface area (Å²) in [5.74, 6) is 0.227. The predicted molar refractivity (Wildman–Crippen MR) is 57.9 cm³/mol. The Kier molecular flexibility index (Phi) is 3.53. The fraction of sp³-hybridized carbons (Fsp3) is 0.909. The number of carbonyl (C=O) groups excluding carboxylic acids is 1. The molecule has 82 valence electrons. The summed E-state index contributed by atoms with van der Waals surface area (Å²) in [6, 6.07) is 0.0212. The second kappa shape index (κ2) is 4.30. The maximum atomic E-state index is 12.0. The zero-order chi connectivity index (χ0) is 10.8. The minimum atomic E-state index is -0.369. The van der Waals surface area contributed by atoms with Gasteiger partial charge in [-0.05, 0) is 26.7 Å². The van der Waals surface area contributed by atoms with Crippen LogP contribution in [0.2, 0.25) is 0 Å². The first-order valence-electron chi connectivity index (χ1n) is 5.55. The molecule has 1 amide bonds. The van der Waals surface area contributed by atoms with Crippen LogP contribution in [-0.4, -0.2) is 29.9 Å². The molecule has 1 atom stereocenters. The van der Waals surface area contributed by atoms with Gasteiger partial charge in [0, 0.05) is 19.1 Å². The number of amides is 1. The average Bonchev–Trinajstić information content (AvgIpc) is 2.14. The molecular weight excluding hydrogens is 176 g/mol. The van der Waals surface area contributed by atoms with Gasteiger partial charge in [-0.15, -0.1) is 0 Å². The quantitative estimate of drug-likeness (QED) is 0.744. The van der Waals surface area contributed by atoms with Gasteiger partial charge in [0.1, 0.15) is 0 Å². The van der Waals surface area contributed by atoms with Crippen molar-refractivity contribution in [1.29, 1.82) is 0 Å². The van der Waals surface area contributed by atoms with E-state index in [2.05, 4.69) is 6.92 Å². The molecule has 14 heavy (non-hydrogen) atoms. The molecule has 0 bridgehead atoms. The number of carbonyl (C=O) groups is 1. The SMILES string of the molecule is CCCCN1CCC(N)C(C)(C)C1=O. The maximum absolute atomic E-state index is 12.0. The molecule has 1 unspecified atom stereocenters. The molecule has 0 aliphatic carbocycles. The van der Waals surface area contributed by atoms with E-state index in [1.165, 1.54) is 0 Å². The van der Waals surface area contributed by atoms with Crippen molar-refractivity contribution in [3.8, 4) is 0 Å². The second-order valence-corrected chi connectivity index (χ2v) is 4.76. The van der Waals surface area contributed by atoms with Crippen LogP contribution in [0.5, 0.6) is 0 Å². The molecule has 1 fully saturated rings. The highest BCUT2D eigenvalue weighted by atomic mass is 16.2. The number of rotatable bonds is 3. The first-order valence-corrected chi connectivity index (χ1v) is 5.55. The van der Waals surface area contributed by atoms with Crippen LogP contribution in [0.3, 0.4) is 0 Å². The van der Waals surface area contributed by atoms with Crippen molar-refractivity contribution in [3.05, 3.63) is 0 Å². The summed E-state index contributed by atoms with van der Waals surface area (Å²) >= 11 is 0. The van der Waals surface area contributed by atoms with E-state index in [9.17, 15) is 4.79 Å². The number of unbranched alkanes of at least 4 members (excludes halogenated alkanes) is 1. The van der Waals surface area contributed by atoms with Crippen LogP contribution < -0.4 is 5.73 Å². The maximum Gasteiger partial charge on any atom is 0.229 e. The van der Waals surface area contributed by atoms with Gasteiger partial charge in [-0.25, -0.2) is 0 Å². The van der Waals surface area contributed by atoms with Gasteiger partial charge in [0.2, 0.25) is 5.91 Å². The van der Waals surface area contributed by atoms with Crippen LogP contribution in [0.1, 0.15) is 40.0 Å². The summed E-state index contributed by atoms with van der Waals surface area (Å²) in [6.07, 6.45) is 3.16. The van der Waals surface area contributed by atoms with Crippen molar-refractivity contribution in [3.63, 3.8) is 0 Å². The molecular formula is C11H22N2O. The van der Waals surface area contributed by atoms with Gasteiger partial charge in [-0.2, -0.15) is 0 Å². The van der Waals surface area contributed by atoms with Crippen molar-refractivity contribution in [2.24, 2.45) is 11.1 Å². The standard InChI is InChI=1S/C11H22N2O/c1-4-5-7-13-8-6-9(12)11(2,3)10(13)14/h9H,4-8,12H2,1-3H3. The van der Waals surface area contributed by atoms with Crippen molar-refractivity contribution in [2.45, 2.75) is 46.1 Å². The fourth-order valence-electron chi connectivity index (χ4n) is 1.89. The Morgan fingerprint density at radius 2 is 2.21 bits per heavy atom. The molecule has 0 aromatic carbocycles. The highest BCUT2D eigenvalue weighted by molar-refractivity contribution is 5.83. The summed E-state index contributed by atoms with van der Waals surface area (Å²) < 4.78 is 0. The molecule has 0 spiro atoms. The van der Waals surface area contributed by atoms with Gasteiger partial charge in [-0.1, -0.05) is 13.3 Å². The van der Waals surface area contributed by atoms with E-state index in [-0.39, 0.29) is 17.4 Å². The molecule has 0 aromatic rings. The third-order valence-corrected chi connectivity index (χ3v) is 3.26. The summed E-state index contributed by atoms with van der Waals surface area (Å²) in [7, 11) is 0. The zero-order valence-corrected chi connectivity index (χ0v) is 9.55. The lowest BCUT2D eigenvalue weighted by Crippen LogP contribution is -2.56. The van der Waals surface area contributed by atoms with Crippen LogP contribution >= 0.6 is 0 Å². The van der Waals surface area contributed by atoms with E-state index >= 15 is 0 Å². The Hall–Kier alpha value is -0.570. The Labute approximate surface area is 86.6 Å². The van der Waals surface area contributed by atoms with E-state index in [4.69, 9.17) is 5.73 Å². The average molecular weight is 198 g/mol. The van der Waals surface area contributed by atoms with E-state index in [0.29, 0.717) is 0 Å². The van der Waals surface area contributed by atoms with E-state index in [0.717, 1.165) is 32.4 Å². The molecule has 0 aromatic heterocycles. The number of likely N-dealkylation sites (tertiary alicyclic amines) is 1. The zero-order valence-electron chi connectivity index (χ0n) is 9.55. The van der Waals surface area contributed by atoms with Crippen molar-refractivity contribution in [1.82, 2.24) is 4.90 Å². The van der Waals surface area contributed by atoms with E-state index < -0.39 is 0 Å². The number of hydrogen-bond acceptors (Lipinski definition) is 2. The smallest absolute Gasteiger partial charge is 0.229 e. The largest absolute Gasteiger partial charge is 0.342 e. The van der Waals surface area contributed by atoms with Crippen LogP contribution in [0.4, 0.5) is 0 Å². The van der Waals surface area contributed by atoms with Gasteiger partial charge in [0.15, 0.2) is 0 Å². The Bertz CT molecular complexity index is 211. The topological polar surface area (TPSA) is 46.3 Å². The molecule has 1 heterocycles. The minimum absolute atomic E-state index is 0.0212. The Morgan fingerprint density at radius 1 is 1.57 bits per heavy atom. The predicted octanol–water partition coefficient (Wildman–Crippen LogP) is 1.37. The van der Waals surface area contributed by atoms with E-state index in [1.54, 1.807) is 0 Å². The molecule has 3 heteroatoms. The lowest BCUT2D eigenvalue weighted by atomic mass is 9.79. The third kappa shape index (κ3) is 2.08. The van der Waals surface area contributed by atoms with Gasteiger partial charge in [-0.3, -0.25) is 4.79 Å². The summed E-state index contributed by atoms with van der Waals surface area (Å²) in [4.78, 5) is 14.0. The van der Waals surface area contributed by atoms with Gasteiger partial charge >= 0.3 is 0 Å². The minimum Gasteiger partial charge on any atom is -0.342 e. The lowest BCUT2D eigenvalue weighted by Gasteiger charge is -2.41. The van der Waals surface area contributed by atoms with Gasteiger partial charge in [0.05, 0.1) is 5.41 Å². The number of hydrogen-bond donors (Lipinski definition) is 1. The lowest BCUT2D eigenvalue weighted by molar-refractivity contribution is -0.145. The molecule has 3 nitrogen and oxygen atoms in total. The van der Waals surface area contributed by atoms with Gasteiger partial charge < -0.3 is 10.6 Å². The van der Waals surface area contributed by atoms with Gasteiger partial charge in [0.25, 0.3) is 0 Å². The van der Waals surface area contributed by atoms with Crippen LogP contribution in [0.25, 0.3) is 0 Å². The monoisotopic (exact) mass is 198 g/mol. The summed E-state index contributed by atoms with van der Waals surface area (Å²) in [5, 5.41) is 0. The summed E-state index contributed by atoms with van der Waals surface area (Å²) in [6.45, 7) is 7.79. The van der Waals surface area contributed by atoms with Crippen LogP contribution in [0.15, 0.2) is 0 Å². The Balaban J connectivity index is 2.61. The molecule has 0 saturated carbocycles. The van der Waals surface area contributed by atoms with Crippen molar-refractivity contribution >= 4 is 5.91 Å². The fourth-order valence-corrected chi connectivity index (χ4v) is 1.89. The highest BCUT2D eigenvalue weighted by Crippen LogP contribution is 2.29. The van der Waals surface area contributed by atoms with Crippen LogP contribution in [-0.2, 0) is 4.79 Å². The first-order chi connectivity index (χ1) is 6.50. The normalized spacial score (nSPS) is 26.7. The van der Waals surface area contributed by atoms with Crippen LogP contribution in [0, 0.1) is 5.41 Å². The second-order valence-electron chi connectivity index (χ2n) is 4.76. The van der Waals surface area contributed by atoms with E-state index in [1.807, 2.05) is 18.7 Å². The summed E-state index contributed by atoms with van der Waals surface area (Å²) in [5.41, 5.74) is 5.58. The molecule has 2 N–H and O–H groups in total. The number of nitrogens with zero attached hydrogens (tertiary/aromatic N) is 1. The third-order valence-electron chi connectivity index (χ3n) is 3.26. The Morgan fingerprint density at radius 3 is 2.79 bits per heavy atom. The highest BCUT2D eigenvalue weighted by Gasteiger charge is 2.41. The van der Waals surface area contributed by atoms with Crippen molar-refractivity contribution in [2.75, 3.05) is 13.1 Å². The molecule has 1 saturated heterocycles. The molecule has 1 aliphatic rings. The molecule has 1 aliphatic heterocycles. The number of piperidine rings is 1. The molecule has 0 radical (unpaired) electrons. The van der Waals surface area contributed by atoms with Crippen molar-refractivity contribution < 1.29 is 4.79 Å².